The first kappa shape index (κ1) is 18.7. The highest BCUT2D eigenvalue weighted by molar-refractivity contribution is 5.97. The first-order valence-corrected chi connectivity index (χ1v) is 7.58. The van der Waals surface area contributed by atoms with Crippen LogP contribution in [0.4, 0.5) is 0 Å². The lowest BCUT2D eigenvalue weighted by Gasteiger charge is -2.16. The molecule has 0 saturated carbocycles. The van der Waals surface area contributed by atoms with E-state index in [2.05, 4.69) is 10.6 Å². The average Bonchev–Trinajstić information content (AvgIpc) is 2.46. The summed E-state index contributed by atoms with van der Waals surface area (Å²) in [5.74, 6) is -1.82. The molecule has 23 heavy (non-hydrogen) atoms. The number of carboxylic acid groups (broad SMARTS) is 1. The van der Waals surface area contributed by atoms with E-state index in [4.69, 9.17) is 5.11 Å². The van der Waals surface area contributed by atoms with Crippen LogP contribution in [0.15, 0.2) is 18.2 Å². The van der Waals surface area contributed by atoms with Gasteiger partial charge in [-0.1, -0.05) is 19.9 Å². The molecule has 1 rings (SSSR count). The molecule has 0 radical (unpaired) electrons. The largest absolute Gasteiger partial charge is 0.480 e. The molecule has 0 bridgehead atoms. The lowest BCUT2D eigenvalue weighted by molar-refractivity contribution is -0.142. The lowest BCUT2D eigenvalue weighted by atomic mass is 10.0. The Bertz CT molecular complexity index is 596. The van der Waals surface area contributed by atoms with Crippen LogP contribution < -0.4 is 10.6 Å². The van der Waals surface area contributed by atoms with Gasteiger partial charge in [0.25, 0.3) is 5.91 Å². The summed E-state index contributed by atoms with van der Waals surface area (Å²) in [6, 6.07) is 4.34. The molecule has 2 amide bonds. The van der Waals surface area contributed by atoms with Gasteiger partial charge in [-0.15, -0.1) is 0 Å². The van der Waals surface area contributed by atoms with Gasteiger partial charge in [0.15, 0.2) is 0 Å². The second kappa shape index (κ2) is 8.31. The van der Waals surface area contributed by atoms with Crippen molar-refractivity contribution in [2.45, 2.75) is 40.2 Å². The van der Waals surface area contributed by atoms with Crippen LogP contribution in [0, 0.1) is 19.8 Å². The summed E-state index contributed by atoms with van der Waals surface area (Å²) in [5, 5.41) is 14.0. The van der Waals surface area contributed by atoms with E-state index in [0.29, 0.717) is 12.0 Å². The minimum Gasteiger partial charge on any atom is -0.480 e. The molecule has 0 aliphatic rings. The topological polar surface area (TPSA) is 95.5 Å². The van der Waals surface area contributed by atoms with Crippen molar-refractivity contribution in [3.8, 4) is 0 Å². The van der Waals surface area contributed by atoms with Gasteiger partial charge in [-0.2, -0.15) is 0 Å². The number of nitrogens with one attached hydrogen (secondary N) is 2. The number of aliphatic carboxylic acids is 1. The second-order valence-electron chi connectivity index (χ2n) is 6.07. The fourth-order valence-corrected chi connectivity index (χ4v) is 2.08. The van der Waals surface area contributed by atoms with E-state index in [-0.39, 0.29) is 18.4 Å². The number of carbonyl (C=O) groups excluding carboxylic acids is 2. The molecular formula is C17H24N2O4. The monoisotopic (exact) mass is 320 g/mol. The van der Waals surface area contributed by atoms with Crippen molar-refractivity contribution in [2.24, 2.45) is 5.92 Å². The van der Waals surface area contributed by atoms with Crippen LogP contribution in [-0.2, 0) is 9.59 Å². The van der Waals surface area contributed by atoms with E-state index >= 15 is 0 Å². The molecule has 0 unspecified atom stereocenters. The summed E-state index contributed by atoms with van der Waals surface area (Å²) >= 11 is 0. The van der Waals surface area contributed by atoms with Crippen molar-refractivity contribution in [2.75, 3.05) is 6.54 Å². The van der Waals surface area contributed by atoms with Gasteiger partial charge >= 0.3 is 5.97 Å². The second-order valence-corrected chi connectivity index (χ2v) is 6.07. The molecule has 3 N–H and O–H groups in total. The molecule has 1 aromatic carbocycles. The first-order valence-electron chi connectivity index (χ1n) is 7.58. The molecule has 0 spiro atoms. The fraction of sp³-hybridized carbons (Fsp3) is 0.471. The Morgan fingerprint density at radius 1 is 1.13 bits per heavy atom. The molecule has 1 atom stereocenters. The minimum absolute atomic E-state index is 0.140. The van der Waals surface area contributed by atoms with E-state index in [1.54, 1.807) is 12.1 Å². The number of amides is 2. The maximum Gasteiger partial charge on any atom is 0.326 e. The van der Waals surface area contributed by atoms with Crippen molar-refractivity contribution in [3.63, 3.8) is 0 Å². The van der Waals surface area contributed by atoms with E-state index in [0.717, 1.165) is 11.1 Å². The summed E-state index contributed by atoms with van der Waals surface area (Å²) in [5.41, 5.74) is 2.54. The van der Waals surface area contributed by atoms with Gasteiger partial charge in [0.05, 0.1) is 6.54 Å². The molecule has 6 nitrogen and oxygen atoms in total. The van der Waals surface area contributed by atoms with Crippen molar-refractivity contribution < 1.29 is 19.5 Å². The molecule has 1 aromatic rings. The van der Waals surface area contributed by atoms with Gasteiger partial charge in [-0.25, -0.2) is 4.79 Å². The maximum absolute atomic E-state index is 12.0. The summed E-state index contributed by atoms with van der Waals surface area (Å²) in [4.78, 5) is 34.9. The Morgan fingerprint density at radius 3 is 2.30 bits per heavy atom. The van der Waals surface area contributed by atoms with Crippen molar-refractivity contribution in [1.29, 1.82) is 0 Å². The third-order valence-corrected chi connectivity index (χ3v) is 3.52. The maximum atomic E-state index is 12.0. The highest BCUT2D eigenvalue weighted by Gasteiger charge is 2.21. The smallest absolute Gasteiger partial charge is 0.326 e. The lowest BCUT2D eigenvalue weighted by Crippen LogP contribution is -2.46. The molecule has 0 fully saturated rings. The van der Waals surface area contributed by atoms with Gasteiger partial charge in [0.2, 0.25) is 5.91 Å². The molecule has 0 heterocycles. The van der Waals surface area contributed by atoms with Crippen LogP contribution >= 0.6 is 0 Å². The molecule has 0 aromatic heterocycles. The van der Waals surface area contributed by atoms with Crippen molar-refractivity contribution in [3.05, 3.63) is 34.9 Å². The van der Waals surface area contributed by atoms with Crippen LogP contribution in [0.3, 0.4) is 0 Å². The standard InChI is InChI=1S/C17H24N2O4/c1-10(2)7-14(17(22)23)19-15(20)9-18-16(21)13-6-5-11(3)12(4)8-13/h5-6,8,10,14H,7,9H2,1-4H3,(H,18,21)(H,19,20)(H,22,23)/t14-/m1/s1. The number of rotatable bonds is 7. The van der Waals surface area contributed by atoms with Gasteiger partial charge in [-0.05, 0) is 49.4 Å². The molecule has 126 valence electrons. The zero-order chi connectivity index (χ0) is 17.6. The Kier molecular flexibility index (Phi) is 6.75. The van der Waals surface area contributed by atoms with Gasteiger partial charge in [-0.3, -0.25) is 9.59 Å². The number of hydrogen-bond donors (Lipinski definition) is 3. The molecule has 0 aliphatic heterocycles. The molecule has 0 aliphatic carbocycles. The highest BCUT2D eigenvalue weighted by atomic mass is 16.4. The van der Waals surface area contributed by atoms with Gasteiger partial charge in [0, 0.05) is 5.56 Å². The Labute approximate surface area is 136 Å². The zero-order valence-corrected chi connectivity index (χ0v) is 14.0. The molecule has 0 saturated heterocycles. The van der Waals surface area contributed by atoms with Crippen LogP contribution in [-0.4, -0.2) is 35.5 Å². The van der Waals surface area contributed by atoms with Crippen LogP contribution in [0.25, 0.3) is 0 Å². The third-order valence-electron chi connectivity index (χ3n) is 3.52. The number of hydrogen-bond acceptors (Lipinski definition) is 3. The predicted octanol–water partition coefficient (Wildman–Crippen LogP) is 1.65. The van der Waals surface area contributed by atoms with Crippen LogP contribution in [0.2, 0.25) is 0 Å². The zero-order valence-electron chi connectivity index (χ0n) is 14.0. The average molecular weight is 320 g/mol. The molecular weight excluding hydrogens is 296 g/mol. The molecule has 6 heteroatoms. The normalized spacial score (nSPS) is 11.9. The van der Waals surface area contributed by atoms with Crippen molar-refractivity contribution >= 4 is 17.8 Å². The predicted molar refractivity (Wildman–Crippen MR) is 87.3 cm³/mol. The SMILES string of the molecule is Cc1ccc(C(=O)NCC(=O)N[C@H](CC(C)C)C(=O)O)cc1C. The number of aryl methyl sites for hydroxylation is 2. The quantitative estimate of drug-likeness (QED) is 0.712. The van der Waals surface area contributed by atoms with Crippen molar-refractivity contribution in [1.82, 2.24) is 10.6 Å². The van der Waals surface area contributed by atoms with Crippen LogP contribution in [0.1, 0.15) is 41.8 Å². The summed E-state index contributed by atoms with van der Waals surface area (Å²) in [6.45, 7) is 7.36. The van der Waals surface area contributed by atoms with Gasteiger partial charge in [0.1, 0.15) is 6.04 Å². The van der Waals surface area contributed by atoms with Crippen LogP contribution in [0.5, 0.6) is 0 Å². The highest BCUT2D eigenvalue weighted by Crippen LogP contribution is 2.09. The number of carboxylic acids is 1. The summed E-state index contributed by atoms with van der Waals surface area (Å²) < 4.78 is 0. The minimum atomic E-state index is -1.08. The Morgan fingerprint density at radius 2 is 1.78 bits per heavy atom. The fourth-order valence-electron chi connectivity index (χ4n) is 2.08. The Hall–Kier alpha value is -2.37. The number of carbonyl (C=O) groups is 3. The van der Waals surface area contributed by atoms with E-state index in [1.807, 2.05) is 33.8 Å². The van der Waals surface area contributed by atoms with E-state index in [9.17, 15) is 14.4 Å². The summed E-state index contributed by atoms with van der Waals surface area (Å²) in [7, 11) is 0. The number of benzene rings is 1. The Balaban J connectivity index is 2.56. The van der Waals surface area contributed by atoms with E-state index < -0.39 is 17.9 Å². The van der Waals surface area contributed by atoms with Gasteiger partial charge < -0.3 is 15.7 Å². The summed E-state index contributed by atoms with van der Waals surface area (Å²) in [6.07, 6.45) is 0.339. The first-order chi connectivity index (χ1) is 10.7. The third kappa shape index (κ3) is 6.10. The van der Waals surface area contributed by atoms with E-state index in [1.165, 1.54) is 0 Å².